The number of hydrogen-bond donors (Lipinski definition) is 3. The highest BCUT2D eigenvalue weighted by Gasteiger charge is 2.20. The van der Waals surface area contributed by atoms with Crippen molar-refractivity contribution in [2.24, 2.45) is 0 Å². The molecule has 2 atom stereocenters. The summed E-state index contributed by atoms with van der Waals surface area (Å²) in [4.78, 5) is 24.5. The van der Waals surface area contributed by atoms with E-state index >= 15 is 0 Å². The lowest BCUT2D eigenvalue weighted by Crippen LogP contribution is -2.45. The molecule has 0 radical (unpaired) electrons. The molecule has 6 heteroatoms. The zero-order valence-corrected chi connectivity index (χ0v) is 39.2. The molecule has 0 fully saturated rings. The minimum absolute atomic E-state index is 0.0493. The Hall–Kier alpha value is -1.92. The Kier molecular flexibility index (Phi) is 47.2. The van der Waals surface area contributed by atoms with E-state index in [1.54, 1.807) is 0 Å². The lowest BCUT2D eigenvalue weighted by Gasteiger charge is -2.22. The minimum Gasteiger partial charge on any atom is -0.466 e. The summed E-state index contributed by atoms with van der Waals surface area (Å²) in [6.07, 6.45) is 58.3. The number of nitrogens with one attached hydrogen (secondary N) is 1. The number of carbonyl (C=O) groups excluding carboxylic acids is 2. The third kappa shape index (κ3) is 45.4. The first-order valence-electron chi connectivity index (χ1n) is 25.7. The molecule has 0 rings (SSSR count). The van der Waals surface area contributed by atoms with E-state index in [0.29, 0.717) is 25.9 Å². The van der Waals surface area contributed by atoms with Gasteiger partial charge < -0.3 is 20.3 Å². The standard InChI is InChI=1S/C53H99NO5/c1-3-5-7-9-11-13-15-17-19-21-22-24-26-29-33-37-41-45-51(56)50(49-55)54-52(57)46-42-38-34-30-28-32-36-40-44-48-59-53(58)47-43-39-35-31-27-25-23-20-18-16-14-12-10-8-6-4-2/h14,16,20,23,30,34,50-51,55-56H,3-13,15,17-19,21-22,24-29,31-33,35-49H2,1-2H3,(H,54,57)/b16-14-,23-20-,34-30-. The SMILES string of the molecule is CCCCCC/C=C\C/C=C\CCCCCCCC(=O)OCCCCCC/C=C\CCCC(=O)NC(CO)C(O)CCCCCCCCCCCCCCCCCCC. The maximum atomic E-state index is 12.4. The van der Waals surface area contributed by atoms with Crippen molar-refractivity contribution in [1.82, 2.24) is 5.32 Å². The van der Waals surface area contributed by atoms with Crippen LogP contribution in [0.15, 0.2) is 36.5 Å². The molecule has 0 saturated carbocycles. The van der Waals surface area contributed by atoms with E-state index in [2.05, 4.69) is 55.6 Å². The summed E-state index contributed by atoms with van der Waals surface area (Å²) in [5.41, 5.74) is 0. The van der Waals surface area contributed by atoms with E-state index < -0.39 is 12.1 Å². The average molecular weight is 830 g/mol. The normalized spacial score (nSPS) is 12.9. The Bertz CT molecular complexity index is 962. The van der Waals surface area contributed by atoms with E-state index in [1.807, 2.05) is 0 Å². The van der Waals surface area contributed by atoms with E-state index in [1.165, 1.54) is 148 Å². The van der Waals surface area contributed by atoms with Crippen LogP contribution < -0.4 is 5.32 Å². The van der Waals surface area contributed by atoms with Crippen LogP contribution in [0, 0.1) is 0 Å². The van der Waals surface area contributed by atoms with Crippen molar-refractivity contribution >= 4 is 11.9 Å². The van der Waals surface area contributed by atoms with Gasteiger partial charge in [0.15, 0.2) is 0 Å². The van der Waals surface area contributed by atoms with Gasteiger partial charge in [0.25, 0.3) is 0 Å². The van der Waals surface area contributed by atoms with Crippen molar-refractivity contribution in [3.63, 3.8) is 0 Å². The van der Waals surface area contributed by atoms with E-state index in [4.69, 9.17) is 4.74 Å². The van der Waals surface area contributed by atoms with Crippen LogP contribution in [0.4, 0.5) is 0 Å². The third-order valence-corrected chi connectivity index (χ3v) is 11.7. The fourth-order valence-electron chi connectivity index (χ4n) is 7.67. The number of amides is 1. The highest BCUT2D eigenvalue weighted by molar-refractivity contribution is 5.76. The largest absolute Gasteiger partial charge is 0.466 e. The van der Waals surface area contributed by atoms with Gasteiger partial charge in [-0.25, -0.2) is 0 Å². The molecule has 0 aliphatic carbocycles. The number of ether oxygens (including phenoxy) is 1. The topological polar surface area (TPSA) is 95.9 Å². The van der Waals surface area contributed by atoms with E-state index in [0.717, 1.165) is 83.5 Å². The van der Waals surface area contributed by atoms with Gasteiger partial charge in [0.05, 0.1) is 25.4 Å². The van der Waals surface area contributed by atoms with Crippen LogP contribution in [0.2, 0.25) is 0 Å². The molecule has 3 N–H and O–H groups in total. The minimum atomic E-state index is -0.696. The smallest absolute Gasteiger partial charge is 0.305 e. The zero-order chi connectivity index (χ0) is 43.0. The molecule has 346 valence electrons. The predicted molar refractivity (Wildman–Crippen MR) is 255 cm³/mol. The van der Waals surface area contributed by atoms with Crippen LogP contribution in [0.5, 0.6) is 0 Å². The third-order valence-electron chi connectivity index (χ3n) is 11.7. The Balaban J connectivity index is 3.56. The predicted octanol–water partition coefficient (Wildman–Crippen LogP) is 15.3. The van der Waals surface area contributed by atoms with Gasteiger partial charge in [-0.1, -0.05) is 211 Å². The number of rotatable bonds is 47. The van der Waals surface area contributed by atoms with Gasteiger partial charge >= 0.3 is 5.97 Å². The number of allylic oxidation sites excluding steroid dienone is 6. The first-order valence-corrected chi connectivity index (χ1v) is 25.7. The number of aliphatic hydroxyl groups is 2. The molecule has 0 bridgehead atoms. The van der Waals surface area contributed by atoms with Gasteiger partial charge in [-0.3, -0.25) is 9.59 Å². The summed E-state index contributed by atoms with van der Waals surface area (Å²) >= 11 is 0. The van der Waals surface area contributed by atoms with Gasteiger partial charge in [0, 0.05) is 12.8 Å². The summed E-state index contributed by atoms with van der Waals surface area (Å²) in [5, 5.41) is 23.2. The molecule has 0 spiro atoms. The maximum absolute atomic E-state index is 12.4. The first kappa shape index (κ1) is 57.1. The van der Waals surface area contributed by atoms with Crippen molar-refractivity contribution in [2.75, 3.05) is 13.2 Å². The van der Waals surface area contributed by atoms with Crippen molar-refractivity contribution in [2.45, 2.75) is 276 Å². The highest BCUT2D eigenvalue weighted by atomic mass is 16.5. The Morgan fingerprint density at radius 1 is 0.475 bits per heavy atom. The second-order valence-electron chi connectivity index (χ2n) is 17.5. The van der Waals surface area contributed by atoms with Gasteiger partial charge in [0.1, 0.15) is 0 Å². The molecule has 0 aromatic heterocycles. The molecule has 0 aromatic rings. The molecule has 0 saturated heterocycles. The highest BCUT2D eigenvalue weighted by Crippen LogP contribution is 2.16. The monoisotopic (exact) mass is 830 g/mol. The van der Waals surface area contributed by atoms with Gasteiger partial charge in [-0.15, -0.1) is 0 Å². The molecule has 0 aromatic carbocycles. The average Bonchev–Trinajstić information content (AvgIpc) is 3.24. The number of unbranched alkanes of at least 4 members (excludes halogenated alkanes) is 30. The van der Waals surface area contributed by atoms with Crippen LogP contribution in [-0.4, -0.2) is 47.4 Å². The van der Waals surface area contributed by atoms with Crippen molar-refractivity contribution in [3.05, 3.63) is 36.5 Å². The second kappa shape index (κ2) is 48.7. The van der Waals surface area contributed by atoms with Gasteiger partial charge in [-0.05, 0) is 77.0 Å². The lowest BCUT2D eigenvalue weighted by atomic mass is 10.0. The Morgan fingerprint density at radius 3 is 1.36 bits per heavy atom. The number of aliphatic hydroxyl groups excluding tert-OH is 2. The number of hydrogen-bond acceptors (Lipinski definition) is 5. The summed E-state index contributed by atoms with van der Waals surface area (Å²) in [6.45, 7) is 4.84. The molecule has 1 amide bonds. The van der Waals surface area contributed by atoms with Crippen molar-refractivity contribution in [1.29, 1.82) is 0 Å². The van der Waals surface area contributed by atoms with Crippen molar-refractivity contribution in [3.8, 4) is 0 Å². The van der Waals surface area contributed by atoms with Crippen LogP contribution in [-0.2, 0) is 14.3 Å². The number of esters is 1. The Morgan fingerprint density at radius 2 is 0.864 bits per heavy atom. The molecule has 0 aliphatic rings. The molecule has 6 nitrogen and oxygen atoms in total. The molecule has 0 heterocycles. The van der Waals surface area contributed by atoms with Crippen LogP contribution >= 0.6 is 0 Å². The fraction of sp³-hybridized carbons (Fsp3) is 0.849. The van der Waals surface area contributed by atoms with Gasteiger partial charge in [0.2, 0.25) is 5.91 Å². The molecule has 2 unspecified atom stereocenters. The molecule has 0 aliphatic heterocycles. The summed E-state index contributed by atoms with van der Waals surface area (Å²) in [7, 11) is 0. The van der Waals surface area contributed by atoms with E-state index in [9.17, 15) is 19.8 Å². The molecule has 59 heavy (non-hydrogen) atoms. The lowest BCUT2D eigenvalue weighted by molar-refractivity contribution is -0.143. The summed E-state index contributed by atoms with van der Waals surface area (Å²) in [6, 6.07) is -0.581. The summed E-state index contributed by atoms with van der Waals surface area (Å²) < 4.78 is 5.43. The van der Waals surface area contributed by atoms with Crippen molar-refractivity contribution < 1.29 is 24.5 Å². The molecular formula is C53H99NO5. The molecular weight excluding hydrogens is 731 g/mol. The van der Waals surface area contributed by atoms with Crippen LogP contribution in [0.25, 0.3) is 0 Å². The van der Waals surface area contributed by atoms with Crippen LogP contribution in [0.1, 0.15) is 264 Å². The maximum Gasteiger partial charge on any atom is 0.305 e. The first-order chi connectivity index (χ1) is 29.0. The number of carbonyl (C=O) groups is 2. The fourth-order valence-corrected chi connectivity index (χ4v) is 7.67. The zero-order valence-electron chi connectivity index (χ0n) is 39.2. The Labute approximate surface area is 366 Å². The van der Waals surface area contributed by atoms with Crippen LogP contribution in [0.3, 0.4) is 0 Å². The van der Waals surface area contributed by atoms with Gasteiger partial charge in [-0.2, -0.15) is 0 Å². The summed E-state index contributed by atoms with van der Waals surface area (Å²) in [5.74, 6) is -0.146. The van der Waals surface area contributed by atoms with E-state index in [-0.39, 0.29) is 18.5 Å². The quantitative estimate of drug-likeness (QED) is 0.0323. The second-order valence-corrected chi connectivity index (χ2v) is 17.5.